The van der Waals surface area contributed by atoms with Crippen LogP contribution in [0, 0.1) is 10.1 Å². The molecule has 0 fully saturated rings. The van der Waals surface area contributed by atoms with Gasteiger partial charge < -0.3 is 9.73 Å². The number of nitro groups is 1. The van der Waals surface area contributed by atoms with Crippen molar-refractivity contribution < 1.29 is 14.1 Å². The zero-order chi connectivity index (χ0) is 15.8. The SMILES string of the molecule is CC.CC(=O)Nc1cc(/C=C/c2ccc([N+](=O)[O-])o2)ns1. The Bertz CT molecular complexity index is 645. The largest absolute Gasteiger partial charge is 0.433 e. The molecule has 1 N–H and O–H groups in total. The van der Waals surface area contributed by atoms with Gasteiger partial charge in [-0.05, 0) is 29.8 Å². The topological polar surface area (TPSA) is 98.3 Å². The first-order valence-electron chi connectivity index (χ1n) is 6.21. The number of anilines is 1. The van der Waals surface area contributed by atoms with E-state index >= 15 is 0 Å². The van der Waals surface area contributed by atoms with Crippen LogP contribution < -0.4 is 5.32 Å². The molecule has 0 bridgehead atoms. The minimum absolute atomic E-state index is 0.166. The minimum Gasteiger partial charge on any atom is -0.401 e. The van der Waals surface area contributed by atoms with E-state index in [2.05, 4.69) is 9.69 Å². The highest BCUT2D eigenvalue weighted by molar-refractivity contribution is 7.10. The summed E-state index contributed by atoms with van der Waals surface area (Å²) in [5, 5.41) is 13.7. The number of amides is 1. The van der Waals surface area contributed by atoms with Crippen molar-refractivity contribution in [3.05, 3.63) is 39.8 Å². The first-order valence-corrected chi connectivity index (χ1v) is 6.98. The Hall–Kier alpha value is -2.48. The second kappa shape index (κ2) is 7.95. The maximum atomic E-state index is 10.8. The molecule has 0 radical (unpaired) electrons. The van der Waals surface area contributed by atoms with Crippen molar-refractivity contribution in [3.8, 4) is 0 Å². The highest BCUT2D eigenvalue weighted by atomic mass is 32.1. The smallest absolute Gasteiger partial charge is 0.401 e. The van der Waals surface area contributed by atoms with Crippen molar-refractivity contribution in [3.63, 3.8) is 0 Å². The summed E-state index contributed by atoms with van der Waals surface area (Å²) in [4.78, 5) is 20.7. The predicted molar refractivity (Wildman–Crippen MR) is 82.1 cm³/mol. The molecule has 21 heavy (non-hydrogen) atoms. The standard InChI is InChI=1S/C11H9N3O4S.C2H6/c1-7(15)12-10-6-8(13-19-10)2-3-9-4-5-11(18-9)14(16)17;1-2/h2-6H,1H3,(H,12,15);1-2H3/b3-2+;. The number of hydrogen-bond acceptors (Lipinski definition) is 6. The number of aromatic nitrogens is 1. The summed E-state index contributed by atoms with van der Waals surface area (Å²) in [7, 11) is 0. The van der Waals surface area contributed by atoms with E-state index in [0.717, 1.165) is 11.5 Å². The molecule has 7 nitrogen and oxygen atoms in total. The second-order valence-corrected chi connectivity index (χ2v) is 4.37. The number of nitrogens with zero attached hydrogens (tertiary/aromatic N) is 2. The molecule has 0 spiro atoms. The average molecular weight is 309 g/mol. The van der Waals surface area contributed by atoms with Crippen LogP contribution in [0.15, 0.2) is 22.6 Å². The molecule has 0 saturated heterocycles. The lowest BCUT2D eigenvalue weighted by atomic mass is 10.3. The Morgan fingerprint density at radius 1 is 1.43 bits per heavy atom. The maximum absolute atomic E-state index is 10.8. The van der Waals surface area contributed by atoms with E-state index in [9.17, 15) is 14.9 Å². The molecule has 0 atom stereocenters. The fourth-order valence-electron chi connectivity index (χ4n) is 1.30. The normalized spacial score (nSPS) is 10.0. The Morgan fingerprint density at radius 3 is 2.71 bits per heavy atom. The van der Waals surface area contributed by atoms with Gasteiger partial charge in [-0.1, -0.05) is 13.8 Å². The minimum atomic E-state index is -0.602. The summed E-state index contributed by atoms with van der Waals surface area (Å²) in [6, 6.07) is 4.47. The number of furan rings is 1. The summed E-state index contributed by atoms with van der Waals surface area (Å²) in [5.74, 6) is -0.113. The van der Waals surface area contributed by atoms with Crippen LogP contribution in [0.25, 0.3) is 12.2 Å². The molecule has 2 rings (SSSR count). The molecular weight excluding hydrogens is 294 g/mol. The van der Waals surface area contributed by atoms with Gasteiger partial charge >= 0.3 is 5.88 Å². The third-order valence-electron chi connectivity index (χ3n) is 2.04. The van der Waals surface area contributed by atoms with Gasteiger partial charge in [0, 0.05) is 13.0 Å². The molecule has 0 aliphatic rings. The zero-order valence-corrected chi connectivity index (χ0v) is 12.6. The lowest BCUT2D eigenvalue weighted by molar-refractivity contribution is -0.402. The van der Waals surface area contributed by atoms with Crippen molar-refractivity contribution in [2.75, 3.05) is 5.32 Å². The zero-order valence-electron chi connectivity index (χ0n) is 11.8. The molecular formula is C13H15N3O4S. The van der Waals surface area contributed by atoms with Gasteiger partial charge in [0.2, 0.25) is 5.91 Å². The van der Waals surface area contributed by atoms with Crippen LogP contribution in [0.4, 0.5) is 10.9 Å². The molecule has 1 amide bonds. The van der Waals surface area contributed by atoms with E-state index in [0.29, 0.717) is 16.5 Å². The van der Waals surface area contributed by atoms with Gasteiger partial charge in [0.25, 0.3) is 0 Å². The van der Waals surface area contributed by atoms with E-state index in [-0.39, 0.29) is 11.8 Å². The highest BCUT2D eigenvalue weighted by Gasteiger charge is 2.09. The number of rotatable bonds is 4. The molecule has 2 aromatic heterocycles. The molecule has 0 aliphatic carbocycles. The van der Waals surface area contributed by atoms with Crippen molar-refractivity contribution in [2.24, 2.45) is 0 Å². The lowest BCUT2D eigenvalue weighted by Crippen LogP contribution is -2.03. The van der Waals surface area contributed by atoms with Crippen LogP contribution in [0.2, 0.25) is 0 Å². The Kier molecular flexibility index (Phi) is 6.28. The number of carbonyl (C=O) groups is 1. The third kappa shape index (κ3) is 5.19. The van der Waals surface area contributed by atoms with Gasteiger partial charge in [-0.25, -0.2) is 0 Å². The molecule has 8 heteroatoms. The molecule has 0 saturated carbocycles. The van der Waals surface area contributed by atoms with E-state index in [1.807, 2.05) is 13.8 Å². The van der Waals surface area contributed by atoms with E-state index < -0.39 is 4.92 Å². The first kappa shape index (κ1) is 16.6. The van der Waals surface area contributed by atoms with Crippen LogP contribution in [0.5, 0.6) is 0 Å². The summed E-state index contributed by atoms with van der Waals surface area (Å²) in [6.45, 7) is 5.41. The van der Waals surface area contributed by atoms with Gasteiger partial charge in [-0.3, -0.25) is 14.9 Å². The molecule has 0 aromatic carbocycles. The lowest BCUT2D eigenvalue weighted by Gasteiger charge is -1.91. The molecule has 112 valence electrons. The number of carbonyl (C=O) groups excluding carboxylic acids is 1. The molecule has 0 aliphatic heterocycles. The van der Waals surface area contributed by atoms with E-state index in [4.69, 9.17) is 4.42 Å². The Labute approximate surface area is 125 Å². The van der Waals surface area contributed by atoms with Gasteiger partial charge in [-0.2, -0.15) is 4.37 Å². The van der Waals surface area contributed by atoms with Crippen molar-refractivity contribution in [2.45, 2.75) is 20.8 Å². The van der Waals surface area contributed by atoms with Crippen LogP contribution in [-0.4, -0.2) is 15.2 Å². The van der Waals surface area contributed by atoms with Crippen LogP contribution >= 0.6 is 11.5 Å². The van der Waals surface area contributed by atoms with Crippen LogP contribution in [0.1, 0.15) is 32.2 Å². The third-order valence-corrected chi connectivity index (χ3v) is 2.76. The average Bonchev–Trinajstić information content (AvgIpc) is 3.07. The first-order chi connectivity index (χ1) is 10.0. The van der Waals surface area contributed by atoms with E-state index in [1.54, 1.807) is 18.2 Å². The number of nitrogens with one attached hydrogen (secondary N) is 1. The Morgan fingerprint density at radius 2 is 2.14 bits per heavy atom. The Balaban J connectivity index is 0.00000106. The molecule has 0 unspecified atom stereocenters. The molecule has 2 heterocycles. The fourth-order valence-corrected chi connectivity index (χ4v) is 1.98. The quantitative estimate of drug-likeness (QED) is 0.684. The summed E-state index contributed by atoms with van der Waals surface area (Å²) in [5.41, 5.74) is 0.632. The van der Waals surface area contributed by atoms with Crippen molar-refractivity contribution >= 4 is 40.5 Å². The van der Waals surface area contributed by atoms with Gasteiger partial charge in [-0.15, -0.1) is 0 Å². The van der Waals surface area contributed by atoms with Crippen molar-refractivity contribution in [1.82, 2.24) is 4.37 Å². The molecule has 2 aromatic rings. The van der Waals surface area contributed by atoms with Gasteiger partial charge in [0.15, 0.2) is 0 Å². The fraction of sp³-hybridized carbons (Fsp3) is 0.231. The van der Waals surface area contributed by atoms with Crippen molar-refractivity contribution in [1.29, 1.82) is 0 Å². The summed E-state index contributed by atoms with van der Waals surface area (Å²) in [6.07, 6.45) is 3.21. The summed E-state index contributed by atoms with van der Waals surface area (Å²) < 4.78 is 9.05. The van der Waals surface area contributed by atoms with Crippen LogP contribution in [-0.2, 0) is 4.79 Å². The monoisotopic (exact) mass is 309 g/mol. The predicted octanol–water partition coefficient (Wildman–Crippen LogP) is 3.80. The number of hydrogen-bond donors (Lipinski definition) is 1. The van der Waals surface area contributed by atoms with Crippen LogP contribution in [0.3, 0.4) is 0 Å². The van der Waals surface area contributed by atoms with Gasteiger partial charge in [0.1, 0.15) is 15.7 Å². The van der Waals surface area contributed by atoms with E-state index in [1.165, 1.54) is 19.1 Å². The second-order valence-electron chi connectivity index (χ2n) is 3.56. The summed E-state index contributed by atoms with van der Waals surface area (Å²) >= 11 is 1.15. The van der Waals surface area contributed by atoms with Gasteiger partial charge in [0.05, 0.1) is 11.8 Å². The maximum Gasteiger partial charge on any atom is 0.433 e. The highest BCUT2D eigenvalue weighted by Crippen LogP contribution is 2.20.